The van der Waals surface area contributed by atoms with Crippen LogP contribution in [0.4, 0.5) is 0 Å². The summed E-state index contributed by atoms with van der Waals surface area (Å²) in [4.78, 5) is 0. The lowest BCUT2D eigenvalue weighted by Gasteiger charge is -2.46. The number of unbranched alkanes of at least 4 members (excludes halogenated alkanes) is 11. The van der Waals surface area contributed by atoms with Crippen molar-refractivity contribution in [2.75, 3.05) is 20.5 Å². The Hall–Kier alpha value is -1.76. The van der Waals surface area contributed by atoms with E-state index in [4.69, 9.17) is 13.9 Å². The minimum atomic E-state index is -2.75. The molecule has 0 fully saturated rings. The zero-order valence-electron chi connectivity index (χ0n) is 28.8. The molecule has 0 aliphatic heterocycles. The van der Waals surface area contributed by atoms with Crippen molar-refractivity contribution in [3.63, 3.8) is 0 Å². The molecule has 0 bridgehead atoms. The van der Waals surface area contributed by atoms with Crippen LogP contribution in [0.15, 0.2) is 72.8 Å². The molecule has 2 atom stereocenters. The van der Waals surface area contributed by atoms with E-state index in [-0.39, 0.29) is 30.6 Å². The van der Waals surface area contributed by atoms with E-state index in [9.17, 15) is 5.11 Å². The first-order valence-electron chi connectivity index (χ1n) is 17.6. The summed E-state index contributed by atoms with van der Waals surface area (Å²) in [5.74, 6) is 0. The van der Waals surface area contributed by atoms with Crippen LogP contribution in [0, 0.1) is 0 Å². The second-order valence-electron chi connectivity index (χ2n) is 13.3. The first kappa shape index (κ1) is 38.4. The van der Waals surface area contributed by atoms with Crippen molar-refractivity contribution in [2.24, 2.45) is 0 Å². The molecule has 0 amide bonds. The van der Waals surface area contributed by atoms with Gasteiger partial charge in [0.1, 0.15) is 6.79 Å². The van der Waals surface area contributed by atoms with Crippen LogP contribution < -0.4 is 10.4 Å². The predicted molar refractivity (Wildman–Crippen MR) is 190 cm³/mol. The third-order valence-corrected chi connectivity index (χ3v) is 13.9. The summed E-state index contributed by atoms with van der Waals surface area (Å²) in [6.45, 7) is 9.62. The minimum absolute atomic E-state index is 0.0600. The monoisotopic (exact) mass is 624 g/mol. The number of hydrogen-bond acceptors (Lipinski definition) is 4. The summed E-state index contributed by atoms with van der Waals surface area (Å²) >= 11 is 0. The molecule has 0 saturated carbocycles. The van der Waals surface area contributed by atoms with Gasteiger partial charge >= 0.3 is 0 Å². The van der Waals surface area contributed by atoms with E-state index < -0.39 is 8.32 Å². The van der Waals surface area contributed by atoms with Crippen LogP contribution in [-0.2, 0) is 13.9 Å². The number of benzene rings is 2. The zero-order valence-corrected chi connectivity index (χ0v) is 29.8. The molecule has 0 radical (unpaired) electrons. The Kier molecular flexibility index (Phi) is 19.8. The highest BCUT2D eigenvalue weighted by Gasteiger charge is 2.52. The highest BCUT2D eigenvalue weighted by atomic mass is 28.4. The molecule has 248 valence electrons. The van der Waals surface area contributed by atoms with Gasteiger partial charge in [0.2, 0.25) is 0 Å². The lowest BCUT2D eigenvalue weighted by molar-refractivity contribution is -0.112. The molecular weight excluding hydrogens is 561 g/mol. The van der Waals surface area contributed by atoms with Crippen molar-refractivity contribution in [2.45, 2.75) is 141 Å². The van der Waals surface area contributed by atoms with E-state index in [0.717, 1.165) is 25.7 Å². The summed E-state index contributed by atoms with van der Waals surface area (Å²) in [7, 11) is -1.06. The van der Waals surface area contributed by atoms with Gasteiger partial charge in [-0.25, -0.2) is 0 Å². The van der Waals surface area contributed by atoms with Gasteiger partial charge in [-0.2, -0.15) is 0 Å². The maximum atomic E-state index is 9.30. The standard InChI is InChI=1S/C39H64O4Si/c1-6-7-8-9-10-11-12-13-14-15-16-24-32-38(37(42-34-41-5)31-25-19-26-33-40)43-44(39(2,3)4,35-27-20-17-21-28-35)36-29-22-18-23-30-36/h17-23,26-30,37-38,40H,6-16,24-25,31-34H2,1-5H3/b26-19+/t37-,38-/m1/s1. The average Bonchev–Trinajstić information content (AvgIpc) is 3.03. The summed E-state index contributed by atoms with van der Waals surface area (Å²) in [6.07, 6.45) is 22.3. The minimum Gasteiger partial charge on any atom is -0.402 e. The van der Waals surface area contributed by atoms with Crippen LogP contribution in [0.3, 0.4) is 0 Å². The highest BCUT2D eigenvalue weighted by Crippen LogP contribution is 2.39. The Morgan fingerprint density at radius 3 is 1.64 bits per heavy atom. The van der Waals surface area contributed by atoms with E-state index in [2.05, 4.69) is 88.4 Å². The molecule has 2 rings (SSSR count). The van der Waals surface area contributed by atoms with Gasteiger partial charge in [0.25, 0.3) is 8.32 Å². The number of methoxy groups -OCH3 is 1. The fourth-order valence-corrected chi connectivity index (χ4v) is 11.1. The fourth-order valence-electron chi connectivity index (χ4n) is 6.41. The summed E-state index contributed by atoms with van der Waals surface area (Å²) in [6, 6.07) is 21.8. The molecule has 2 aromatic rings. The molecule has 0 unspecified atom stereocenters. The van der Waals surface area contributed by atoms with Crippen molar-refractivity contribution in [3.8, 4) is 0 Å². The van der Waals surface area contributed by atoms with Crippen LogP contribution in [0.2, 0.25) is 5.04 Å². The van der Waals surface area contributed by atoms with Crippen molar-refractivity contribution in [3.05, 3.63) is 72.8 Å². The predicted octanol–water partition coefficient (Wildman–Crippen LogP) is 9.34. The van der Waals surface area contributed by atoms with Gasteiger partial charge in [-0.15, -0.1) is 0 Å². The summed E-state index contributed by atoms with van der Waals surface area (Å²) < 4.78 is 19.5. The van der Waals surface area contributed by atoms with E-state index in [1.54, 1.807) is 7.11 Å². The van der Waals surface area contributed by atoms with Gasteiger partial charge < -0.3 is 19.0 Å². The van der Waals surface area contributed by atoms with E-state index >= 15 is 0 Å². The molecule has 0 aliphatic rings. The quantitative estimate of drug-likeness (QED) is 0.0518. The van der Waals surface area contributed by atoms with Gasteiger partial charge in [0.05, 0.1) is 18.8 Å². The Labute approximate surface area is 271 Å². The number of hydrogen-bond donors (Lipinski definition) is 1. The smallest absolute Gasteiger partial charge is 0.261 e. The van der Waals surface area contributed by atoms with Crippen LogP contribution in [0.5, 0.6) is 0 Å². The van der Waals surface area contributed by atoms with E-state index in [1.165, 1.54) is 81.0 Å². The Morgan fingerprint density at radius 2 is 1.18 bits per heavy atom. The largest absolute Gasteiger partial charge is 0.402 e. The maximum absolute atomic E-state index is 9.30. The SMILES string of the molecule is CCCCCCCCCCCCCC[C@@H](O[Si](c1ccccc1)(c1ccccc1)C(C)(C)C)[C@@H](CC/C=C/CO)OCOC. The Morgan fingerprint density at radius 1 is 0.682 bits per heavy atom. The first-order chi connectivity index (χ1) is 21.4. The molecule has 0 saturated heterocycles. The van der Waals surface area contributed by atoms with Gasteiger partial charge in [-0.1, -0.05) is 178 Å². The van der Waals surface area contributed by atoms with Crippen LogP contribution >= 0.6 is 0 Å². The molecule has 0 spiro atoms. The summed E-state index contributed by atoms with van der Waals surface area (Å²) in [5, 5.41) is 11.8. The fraction of sp³-hybridized carbons (Fsp3) is 0.641. The van der Waals surface area contributed by atoms with Gasteiger partial charge in [-0.3, -0.25) is 0 Å². The normalized spacial score (nSPS) is 13.9. The van der Waals surface area contributed by atoms with Gasteiger partial charge in [-0.05, 0) is 34.7 Å². The van der Waals surface area contributed by atoms with Crippen LogP contribution in [-0.4, -0.2) is 46.1 Å². The molecule has 0 aromatic heterocycles. The molecule has 44 heavy (non-hydrogen) atoms. The molecular formula is C39H64O4Si. The number of ether oxygens (including phenoxy) is 2. The number of rotatable bonds is 25. The summed E-state index contributed by atoms with van der Waals surface area (Å²) in [5.41, 5.74) is 0. The lowest BCUT2D eigenvalue weighted by atomic mass is 10.0. The lowest BCUT2D eigenvalue weighted by Crippen LogP contribution is -2.68. The van der Waals surface area contributed by atoms with Crippen molar-refractivity contribution in [1.82, 2.24) is 0 Å². The molecule has 5 heteroatoms. The first-order valence-corrected chi connectivity index (χ1v) is 19.5. The second-order valence-corrected chi connectivity index (χ2v) is 17.6. The highest BCUT2D eigenvalue weighted by molar-refractivity contribution is 6.99. The third kappa shape index (κ3) is 13.3. The van der Waals surface area contributed by atoms with Gasteiger partial charge in [0.15, 0.2) is 0 Å². The van der Waals surface area contributed by atoms with Crippen LogP contribution in [0.1, 0.15) is 124 Å². The molecule has 1 N–H and O–H groups in total. The number of aliphatic hydroxyl groups excluding tert-OH is 1. The number of aliphatic hydroxyl groups is 1. The zero-order chi connectivity index (χ0) is 31.9. The topological polar surface area (TPSA) is 47.9 Å². The molecule has 0 aliphatic carbocycles. The third-order valence-electron chi connectivity index (χ3n) is 8.79. The van der Waals surface area contributed by atoms with E-state index in [0.29, 0.717) is 0 Å². The molecule has 2 aromatic carbocycles. The Bertz CT molecular complexity index is 933. The second kappa shape index (κ2) is 22.7. The van der Waals surface area contributed by atoms with Crippen LogP contribution in [0.25, 0.3) is 0 Å². The maximum Gasteiger partial charge on any atom is 0.261 e. The Balaban J connectivity index is 2.23. The molecule has 0 heterocycles. The van der Waals surface area contributed by atoms with Gasteiger partial charge in [0, 0.05) is 7.11 Å². The van der Waals surface area contributed by atoms with Crippen molar-refractivity contribution in [1.29, 1.82) is 0 Å². The average molecular weight is 625 g/mol. The van der Waals surface area contributed by atoms with Crippen molar-refractivity contribution >= 4 is 18.7 Å². The number of allylic oxidation sites excluding steroid dienone is 1. The molecule has 4 nitrogen and oxygen atoms in total. The van der Waals surface area contributed by atoms with Crippen molar-refractivity contribution < 1.29 is 19.0 Å². The van der Waals surface area contributed by atoms with E-state index in [1.807, 2.05) is 12.2 Å².